The molecule has 84 valence electrons. The van der Waals surface area contributed by atoms with E-state index in [0.717, 1.165) is 18.7 Å². The van der Waals surface area contributed by atoms with Crippen LogP contribution in [0.3, 0.4) is 0 Å². The van der Waals surface area contributed by atoms with Gasteiger partial charge in [-0.1, -0.05) is 0 Å². The Morgan fingerprint density at radius 1 is 1.60 bits per heavy atom. The van der Waals surface area contributed by atoms with Crippen molar-refractivity contribution in [3.63, 3.8) is 0 Å². The third-order valence-electron chi connectivity index (χ3n) is 2.24. The van der Waals surface area contributed by atoms with Gasteiger partial charge in [-0.15, -0.1) is 0 Å². The quantitative estimate of drug-likeness (QED) is 0.678. The number of carboxylic acids is 1. The van der Waals surface area contributed by atoms with E-state index in [0.29, 0.717) is 6.42 Å². The number of nitrogens with one attached hydrogen (secondary N) is 1. The predicted molar refractivity (Wildman–Crippen MR) is 56.6 cm³/mol. The fourth-order valence-electron chi connectivity index (χ4n) is 1.36. The zero-order valence-electron chi connectivity index (χ0n) is 8.90. The van der Waals surface area contributed by atoms with Crippen molar-refractivity contribution >= 4 is 5.97 Å². The Labute approximate surface area is 89.3 Å². The van der Waals surface area contributed by atoms with E-state index in [-0.39, 0.29) is 12.5 Å². The van der Waals surface area contributed by atoms with E-state index in [2.05, 4.69) is 5.32 Å². The number of hydrogen-bond donors (Lipinski definition) is 2. The highest BCUT2D eigenvalue weighted by molar-refractivity contribution is 5.66. The van der Waals surface area contributed by atoms with Gasteiger partial charge in [0.25, 0.3) is 0 Å². The Morgan fingerprint density at radius 2 is 2.40 bits per heavy atom. The molecule has 4 nitrogen and oxygen atoms in total. The molecule has 0 saturated carbocycles. The van der Waals surface area contributed by atoms with E-state index in [1.165, 1.54) is 0 Å². The maximum absolute atomic E-state index is 10.2. The normalized spacial score (nSPS) is 12.6. The zero-order valence-corrected chi connectivity index (χ0v) is 8.90. The van der Waals surface area contributed by atoms with Crippen molar-refractivity contribution < 1.29 is 14.3 Å². The van der Waals surface area contributed by atoms with Crippen molar-refractivity contribution in [2.75, 3.05) is 6.54 Å². The first-order valence-electron chi connectivity index (χ1n) is 5.18. The summed E-state index contributed by atoms with van der Waals surface area (Å²) in [4.78, 5) is 10.2. The van der Waals surface area contributed by atoms with Crippen molar-refractivity contribution in [3.05, 3.63) is 24.2 Å². The van der Waals surface area contributed by atoms with Gasteiger partial charge in [-0.05, 0) is 38.4 Å². The second kappa shape index (κ2) is 6.24. The average Bonchev–Trinajstić information content (AvgIpc) is 2.69. The van der Waals surface area contributed by atoms with Gasteiger partial charge in [0.15, 0.2) is 0 Å². The minimum Gasteiger partial charge on any atom is -0.481 e. The lowest BCUT2D eigenvalue weighted by molar-refractivity contribution is -0.137. The molecule has 0 unspecified atom stereocenters. The molecule has 0 fully saturated rings. The predicted octanol–water partition coefficient (Wildman–Crippen LogP) is 2.19. The average molecular weight is 211 g/mol. The van der Waals surface area contributed by atoms with Gasteiger partial charge in [0.1, 0.15) is 5.76 Å². The summed E-state index contributed by atoms with van der Waals surface area (Å²) in [6, 6.07) is 3.97. The molecule has 0 bridgehead atoms. The molecule has 1 aromatic heterocycles. The largest absolute Gasteiger partial charge is 0.481 e. The van der Waals surface area contributed by atoms with Crippen molar-refractivity contribution in [2.24, 2.45) is 0 Å². The minimum absolute atomic E-state index is 0.185. The Hall–Kier alpha value is -1.29. The standard InChI is InChI=1S/C11H17NO3/c1-9(10-5-4-8-15-10)12-7-3-2-6-11(13)14/h4-5,8-9,12H,2-3,6-7H2,1H3,(H,13,14)/t9-/m0/s1. The van der Waals surface area contributed by atoms with Crippen molar-refractivity contribution in [1.82, 2.24) is 5.32 Å². The smallest absolute Gasteiger partial charge is 0.303 e. The van der Waals surface area contributed by atoms with Crippen LogP contribution in [0.4, 0.5) is 0 Å². The molecule has 0 radical (unpaired) electrons. The number of hydrogen-bond acceptors (Lipinski definition) is 3. The number of carboxylic acid groups (broad SMARTS) is 1. The first-order valence-corrected chi connectivity index (χ1v) is 5.18. The molecule has 0 aliphatic rings. The maximum Gasteiger partial charge on any atom is 0.303 e. The molecule has 1 heterocycles. The lowest BCUT2D eigenvalue weighted by Crippen LogP contribution is -2.19. The highest BCUT2D eigenvalue weighted by Gasteiger charge is 2.06. The van der Waals surface area contributed by atoms with Gasteiger partial charge in [0.2, 0.25) is 0 Å². The second-order valence-corrected chi connectivity index (χ2v) is 3.54. The summed E-state index contributed by atoms with van der Waals surface area (Å²) in [6.07, 6.45) is 3.49. The number of unbranched alkanes of at least 4 members (excludes halogenated alkanes) is 1. The third-order valence-corrected chi connectivity index (χ3v) is 2.24. The maximum atomic E-state index is 10.2. The van der Waals surface area contributed by atoms with Crippen molar-refractivity contribution in [2.45, 2.75) is 32.2 Å². The number of rotatable bonds is 7. The fraction of sp³-hybridized carbons (Fsp3) is 0.545. The monoisotopic (exact) mass is 211 g/mol. The molecule has 0 aliphatic carbocycles. The van der Waals surface area contributed by atoms with Gasteiger partial charge < -0.3 is 14.8 Å². The van der Waals surface area contributed by atoms with Gasteiger partial charge in [0.05, 0.1) is 12.3 Å². The molecule has 0 amide bonds. The number of furan rings is 1. The van der Waals surface area contributed by atoms with Gasteiger partial charge in [0, 0.05) is 6.42 Å². The van der Waals surface area contributed by atoms with Crippen LogP contribution in [0.1, 0.15) is 38.0 Å². The summed E-state index contributed by atoms with van der Waals surface area (Å²) in [5, 5.41) is 11.7. The highest BCUT2D eigenvalue weighted by Crippen LogP contribution is 2.11. The zero-order chi connectivity index (χ0) is 11.1. The molecule has 1 aromatic rings. The van der Waals surface area contributed by atoms with Crippen LogP contribution < -0.4 is 5.32 Å². The van der Waals surface area contributed by atoms with E-state index in [1.54, 1.807) is 6.26 Å². The van der Waals surface area contributed by atoms with Crippen LogP contribution in [0.5, 0.6) is 0 Å². The van der Waals surface area contributed by atoms with E-state index in [9.17, 15) is 4.79 Å². The number of aliphatic carboxylic acids is 1. The van der Waals surface area contributed by atoms with Gasteiger partial charge in [-0.2, -0.15) is 0 Å². The Balaban J connectivity index is 2.08. The van der Waals surface area contributed by atoms with Crippen LogP contribution in [0.25, 0.3) is 0 Å². The molecule has 15 heavy (non-hydrogen) atoms. The van der Waals surface area contributed by atoms with Crippen LogP contribution in [0.15, 0.2) is 22.8 Å². The van der Waals surface area contributed by atoms with Crippen LogP contribution in [0, 0.1) is 0 Å². The molecule has 4 heteroatoms. The van der Waals surface area contributed by atoms with Crippen LogP contribution >= 0.6 is 0 Å². The summed E-state index contributed by atoms with van der Waals surface area (Å²) >= 11 is 0. The molecular weight excluding hydrogens is 194 g/mol. The van der Waals surface area contributed by atoms with Crippen molar-refractivity contribution in [1.29, 1.82) is 0 Å². The van der Waals surface area contributed by atoms with Gasteiger partial charge in [-0.25, -0.2) is 0 Å². The summed E-state index contributed by atoms with van der Waals surface area (Å²) < 4.78 is 5.23. The van der Waals surface area contributed by atoms with E-state index in [1.807, 2.05) is 19.1 Å². The van der Waals surface area contributed by atoms with E-state index < -0.39 is 5.97 Å². The van der Waals surface area contributed by atoms with Crippen LogP contribution in [-0.4, -0.2) is 17.6 Å². The Morgan fingerprint density at radius 3 is 3.00 bits per heavy atom. The first-order chi connectivity index (χ1) is 7.20. The van der Waals surface area contributed by atoms with Gasteiger partial charge >= 0.3 is 5.97 Å². The molecule has 0 aromatic carbocycles. The Kier molecular flexibility index (Phi) is 4.90. The molecule has 0 saturated heterocycles. The second-order valence-electron chi connectivity index (χ2n) is 3.54. The molecule has 2 N–H and O–H groups in total. The minimum atomic E-state index is -0.728. The van der Waals surface area contributed by atoms with Gasteiger partial charge in [-0.3, -0.25) is 4.79 Å². The van der Waals surface area contributed by atoms with Crippen molar-refractivity contribution in [3.8, 4) is 0 Å². The molecule has 1 atom stereocenters. The lowest BCUT2D eigenvalue weighted by atomic mass is 10.2. The van der Waals surface area contributed by atoms with Crippen LogP contribution in [0.2, 0.25) is 0 Å². The highest BCUT2D eigenvalue weighted by atomic mass is 16.4. The number of carbonyl (C=O) groups is 1. The summed E-state index contributed by atoms with van der Waals surface area (Å²) in [5.41, 5.74) is 0. The summed E-state index contributed by atoms with van der Waals surface area (Å²) in [7, 11) is 0. The van der Waals surface area contributed by atoms with Crippen LogP contribution in [-0.2, 0) is 4.79 Å². The summed E-state index contributed by atoms with van der Waals surface area (Å²) in [5.74, 6) is 0.183. The lowest BCUT2D eigenvalue weighted by Gasteiger charge is -2.10. The molecule has 0 spiro atoms. The SMILES string of the molecule is C[C@H](NCCCCC(=O)O)c1ccco1. The Bertz CT molecular complexity index is 282. The third kappa shape index (κ3) is 4.65. The molecule has 1 rings (SSSR count). The molecular formula is C11H17NO3. The molecule has 0 aliphatic heterocycles. The van der Waals surface area contributed by atoms with E-state index >= 15 is 0 Å². The first kappa shape index (κ1) is 11.8. The topological polar surface area (TPSA) is 62.5 Å². The van der Waals surface area contributed by atoms with E-state index in [4.69, 9.17) is 9.52 Å². The summed E-state index contributed by atoms with van der Waals surface area (Å²) in [6.45, 7) is 2.84. The fourth-order valence-corrected chi connectivity index (χ4v) is 1.36.